The van der Waals surface area contributed by atoms with Crippen LogP contribution in [-0.4, -0.2) is 39.8 Å². The van der Waals surface area contributed by atoms with Crippen LogP contribution in [0.2, 0.25) is 5.02 Å². The Balaban J connectivity index is 1.50. The Kier molecular flexibility index (Phi) is 5.44. The van der Waals surface area contributed by atoms with Gasteiger partial charge in [0.1, 0.15) is 11.4 Å². The molecule has 2 aliphatic rings. The van der Waals surface area contributed by atoms with Gasteiger partial charge in [0.05, 0.1) is 34.7 Å². The highest BCUT2D eigenvalue weighted by Gasteiger charge is 2.48. The number of ether oxygens (including phenoxy) is 1. The highest BCUT2D eigenvalue weighted by Crippen LogP contribution is 2.45. The third kappa shape index (κ3) is 3.47. The zero-order valence-electron chi connectivity index (χ0n) is 18.5. The van der Waals surface area contributed by atoms with E-state index in [1.54, 1.807) is 4.68 Å². The number of para-hydroxylation sites is 1. The van der Waals surface area contributed by atoms with E-state index in [2.05, 4.69) is 10.4 Å². The molecule has 1 aromatic heterocycles. The van der Waals surface area contributed by atoms with Crippen LogP contribution >= 0.6 is 11.6 Å². The summed E-state index contributed by atoms with van der Waals surface area (Å²) in [7, 11) is 0. The number of hydrogen-bond donors (Lipinski definition) is 2. The molecule has 176 valence electrons. The molecule has 0 bridgehead atoms. The van der Waals surface area contributed by atoms with Crippen LogP contribution in [0.3, 0.4) is 0 Å². The molecule has 0 aliphatic carbocycles. The number of carbonyl (C=O) groups is 2. The third-order valence-electron chi connectivity index (χ3n) is 6.45. The van der Waals surface area contributed by atoms with E-state index in [1.807, 2.05) is 31.2 Å². The second-order valence-electron chi connectivity index (χ2n) is 8.46. The number of amides is 2. The number of rotatable bonds is 3. The van der Waals surface area contributed by atoms with Gasteiger partial charge in [-0.15, -0.1) is 0 Å². The van der Waals surface area contributed by atoms with Gasteiger partial charge in [-0.2, -0.15) is 5.10 Å². The average Bonchev–Trinajstić information content (AvgIpc) is 3.21. The Morgan fingerprint density at radius 3 is 2.91 bits per heavy atom. The molecule has 3 N–H and O–H groups in total. The zero-order chi connectivity index (χ0) is 24.0. The summed E-state index contributed by atoms with van der Waals surface area (Å²) in [6.45, 7) is 2.40. The highest BCUT2D eigenvalue weighted by molar-refractivity contribution is 6.31. The molecule has 10 heteroatoms. The maximum atomic E-state index is 15.1. The lowest BCUT2D eigenvalue weighted by Crippen LogP contribution is -2.53. The number of aryl methyl sites for hydroxylation is 1. The first-order valence-electron chi connectivity index (χ1n) is 11.0. The van der Waals surface area contributed by atoms with E-state index in [1.165, 1.54) is 23.2 Å². The summed E-state index contributed by atoms with van der Waals surface area (Å²) in [6.07, 6.45) is 2.36. The summed E-state index contributed by atoms with van der Waals surface area (Å²) in [5.41, 5.74) is 7.52. The lowest BCUT2D eigenvalue weighted by molar-refractivity contribution is -0.0418. The predicted molar refractivity (Wildman–Crippen MR) is 126 cm³/mol. The summed E-state index contributed by atoms with van der Waals surface area (Å²) >= 11 is 6.03. The molecule has 3 aromatic rings. The quantitative estimate of drug-likeness (QED) is 0.571. The minimum absolute atomic E-state index is 0.0281. The minimum Gasteiger partial charge on any atom is -0.436 e. The van der Waals surface area contributed by atoms with Gasteiger partial charge in [-0.1, -0.05) is 36.7 Å². The van der Waals surface area contributed by atoms with Crippen molar-refractivity contribution < 1.29 is 18.7 Å². The molecule has 0 saturated carbocycles. The largest absolute Gasteiger partial charge is 0.436 e. The van der Waals surface area contributed by atoms with Crippen molar-refractivity contribution in [2.24, 2.45) is 0 Å². The smallest absolute Gasteiger partial charge is 0.412 e. The van der Waals surface area contributed by atoms with Gasteiger partial charge in [0, 0.05) is 6.54 Å². The van der Waals surface area contributed by atoms with Gasteiger partial charge in [0.2, 0.25) is 0 Å². The first-order valence-corrected chi connectivity index (χ1v) is 11.4. The second kappa shape index (κ2) is 8.32. The molecule has 5 rings (SSSR count). The second-order valence-corrected chi connectivity index (χ2v) is 8.87. The van der Waals surface area contributed by atoms with Crippen molar-refractivity contribution in [2.45, 2.75) is 31.8 Å². The molecule has 2 amide bonds. The summed E-state index contributed by atoms with van der Waals surface area (Å²) in [5, 5.41) is 6.80. The number of nitrogens with two attached hydrogens (primary N) is 1. The highest BCUT2D eigenvalue weighted by atomic mass is 35.5. The van der Waals surface area contributed by atoms with Crippen LogP contribution in [0.4, 0.5) is 20.7 Å². The third-order valence-corrected chi connectivity index (χ3v) is 6.75. The van der Waals surface area contributed by atoms with Crippen molar-refractivity contribution in [3.63, 3.8) is 0 Å². The van der Waals surface area contributed by atoms with Crippen LogP contribution in [0.5, 0.6) is 0 Å². The maximum Gasteiger partial charge on any atom is 0.412 e. The number of piperidine rings is 1. The van der Waals surface area contributed by atoms with E-state index in [9.17, 15) is 9.59 Å². The normalized spacial score (nSPS) is 19.5. The Hall–Kier alpha value is -3.59. The van der Waals surface area contributed by atoms with Gasteiger partial charge in [0.15, 0.2) is 11.4 Å². The molecule has 1 fully saturated rings. The lowest BCUT2D eigenvalue weighted by atomic mass is 9.83. The molecule has 34 heavy (non-hydrogen) atoms. The number of aromatic nitrogens is 2. The number of hydrogen-bond acceptors (Lipinski definition) is 5. The van der Waals surface area contributed by atoms with E-state index in [-0.39, 0.29) is 40.1 Å². The number of halogens is 2. The van der Waals surface area contributed by atoms with Crippen LogP contribution in [0.25, 0.3) is 5.69 Å². The fourth-order valence-corrected chi connectivity index (χ4v) is 5.01. The molecule has 1 saturated heterocycles. The first kappa shape index (κ1) is 22.2. The Morgan fingerprint density at radius 2 is 2.12 bits per heavy atom. The number of nitrogens with zero attached hydrogens (tertiary/aromatic N) is 3. The number of benzene rings is 2. The average molecular weight is 484 g/mol. The predicted octanol–water partition coefficient (Wildman–Crippen LogP) is 4.50. The van der Waals surface area contributed by atoms with Crippen LogP contribution < -0.4 is 11.1 Å². The number of carbonyl (C=O) groups excluding carboxylic acids is 2. The molecule has 2 aromatic carbocycles. The van der Waals surface area contributed by atoms with E-state index < -0.39 is 17.5 Å². The summed E-state index contributed by atoms with van der Waals surface area (Å²) in [6, 6.07) is 10.6. The lowest BCUT2D eigenvalue weighted by Gasteiger charge is -2.45. The van der Waals surface area contributed by atoms with Crippen molar-refractivity contribution in [3.05, 3.63) is 70.1 Å². The van der Waals surface area contributed by atoms with Gasteiger partial charge in [-0.3, -0.25) is 10.1 Å². The minimum atomic E-state index is -1.35. The summed E-state index contributed by atoms with van der Waals surface area (Å²) in [4.78, 5) is 27.3. The van der Waals surface area contributed by atoms with Crippen molar-refractivity contribution in [1.29, 1.82) is 0 Å². The maximum absolute atomic E-state index is 15.1. The number of likely N-dealkylation sites (tertiary alicyclic amines) is 1. The summed E-state index contributed by atoms with van der Waals surface area (Å²) < 4.78 is 22.3. The van der Waals surface area contributed by atoms with E-state index >= 15 is 4.39 Å². The van der Waals surface area contributed by atoms with Crippen LogP contribution in [0.1, 0.15) is 41.3 Å². The van der Waals surface area contributed by atoms with Gasteiger partial charge >= 0.3 is 6.09 Å². The molecule has 0 radical (unpaired) electrons. The van der Waals surface area contributed by atoms with E-state index in [0.717, 1.165) is 17.7 Å². The van der Waals surface area contributed by atoms with Crippen molar-refractivity contribution in [3.8, 4) is 5.69 Å². The van der Waals surface area contributed by atoms with Gasteiger partial charge in [-0.25, -0.2) is 13.9 Å². The molecule has 1 atom stereocenters. The Morgan fingerprint density at radius 1 is 1.32 bits per heavy atom. The fourth-order valence-electron chi connectivity index (χ4n) is 4.85. The monoisotopic (exact) mass is 483 g/mol. The van der Waals surface area contributed by atoms with E-state index in [0.29, 0.717) is 19.4 Å². The fraction of sp³-hybridized carbons (Fsp3) is 0.292. The number of fused-ring (bicyclic) bond motifs is 2. The topological polar surface area (TPSA) is 102 Å². The molecule has 3 heterocycles. The standard InChI is InChI=1S/C24H23ClFN5O3/c1-2-14-6-3-4-7-18(14)31-21(27)15(12-28-31)22(32)30-11-5-10-24(13-30)19-17(29-23(33)34-24)9-8-16(25)20(19)26/h3-4,6-9,12H,2,5,10-11,13,27H2,1H3,(H,29,33)/t24-/m0/s1. The molecule has 0 unspecified atom stereocenters. The molecule has 2 aliphatic heterocycles. The number of anilines is 2. The van der Waals surface area contributed by atoms with Crippen LogP contribution in [0, 0.1) is 5.82 Å². The SMILES string of the molecule is CCc1ccccc1-n1ncc(C(=O)N2CCC[C@@]3(C2)OC(=O)Nc2ccc(Cl)c(F)c23)c1N. The Labute approximate surface area is 200 Å². The van der Waals surface area contributed by atoms with Gasteiger partial charge in [-0.05, 0) is 43.0 Å². The number of nitrogen functional groups attached to an aromatic ring is 1. The van der Waals surface area contributed by atoms with Crippen LogP contribution in [0.15, 0.2) is 42.6 Å². The first-order chi connectivity index (χ1) is 16.3. The van der Waals surface area contributed by atoms with Gasteiger partial charge in [0.25, 0.3) is 5.91 Å². The Bertz CT molecular complexity index is 1310. The molecular weight excluding hydrogens is 461 g/mol. The molecule has 8 nitrogen and oxygen atoms in total. The van der Waals surface area contributed by atoms with E-state index in [4.69, 9.17) is 22.1 Å². The number of nitrogens with one attached hydrogen (secondary N) is 1. The summed E-state index contributed by atoms with van der Waals surface area (Å²) in [5.74, 6) is -0.824. The van der Waals surface area contributed by atoms with Crippen molar-refractivity contribution >= 4 is 35.1 Å². The van der Waals surface area contributed by atoms with Crippen LogP contribution in [-0.2, 0) is 16.8 Å². The molecule has 1 spiro atoms. The molecular formula is C24H23ClFN5O3. The van der Waals surface area contributed by atoms with Gasteiger partial charge < -0.3 is 15.4 Å². The van der Waals surface area contributed by atoms with Crippen molar-refractivity contribution in [1.82, 2.24) is 14.7 Å². The zero-order valence-corrected chi connectivity index (χ0v) is 19.2. The van der Waals surface area contributed by atoms with Crippen molar-refractivity contribution in [2.75, 3.05) is 24.1 Å².